The van der Waals surface area contributed by atoms with E-state index in [9.17, 15) is 14.7 Å². The summed E-state index contributed by atoms with van der Waals surface area (Å²) in [5, 5.41) is 17.4. The topological polar surface area (TPSA) is 119 Å². The summed E-state index contributed by atoms with van der Waals surface area (Å²) < 4.78 is 1.75. The molecule has 0 atom stereocenters. The van der Waals surface area contributed by atoms with Gasteiger partial charge in [0.2, 0.25) is 0 Å². The van der Waals surface area contributed by atoms with Gasteiger partial charge in [0.25, 0.3) is 11.5 Å². The highest BCUT2D eigenvalue weighted by molar-refractivity contribution is 6.04. The number of carbonyl (C=O) groups is 1. The minimum Gasteiger partial charge on any atom is -0.395 e. The maximum Gasteiger partial charge on any atom is 0.258 e. The first-order valence-electron chi connectivity index (χ1n) is 12.9. The number of carbonyl (C=O) groups excluding carboxylic acids is 1. The van der Waals surface area contributed by atoms with Gasteiger partial charge in [0.1, 0.15) is 0 Å². The Balaban J connectivity index is 1.32. The van der Waals surface area contributed by atoms with E-state index in [1.165, 1.54) is 11.8 Å². The highest BCUT2D eigenvalue weighted by atomic mass is 16.3. The van der Waals surface area contributed by atoms with Crippen LogP contribution >= 0.6 is 0 Å². The molecule has 1 aliphatic carbocycles. The molecule has 5 rings (SSSR count). The number of rotatable bonds is 10. The number of pyridine rings is 1. The second-order valence-corrected chi connectivity index (χ2v) is 9.47. The van der Waals surface area contributed by atoms with E-state index in [1.807, 2.05) is 18.2 Å². The number of fused-ring (bicyclic) bond motifs is 1. The molecule has 0 spiro atoms. The number of hydrogen-bond acceptors (Lipinski definition) is 5. The zero-order chi connectivity index (χ0) is 26.5. The van der Waals surface area contributed by atoms with Crippen molar-refractivity contribution in [1.29, 1.82) is 0 Å². The van der Waals surface area contributed by atoms with Crippen LogP contribution in [0.1, 0.15) is 35.7 Å². The minimum absolute atomic E-state index is 0.123. The van der Waals surface area contributed by atoms with Crippen molar-refractivity contribution in [1.82, 2.24) is 24.6 Å². The molecule has 0 fully saturated rings. The Labute approximate surface area is 220 Å². The van der Waals surface area contributed by atoms with Crippen LogP contribution in [0.2, 0.25) is 0 Å². The van der Waals surface area contributed by atoms with E-state index in [0.717, 1.165) is 42.4 Å². The van der Waals surface area contributed by atoms with Gasteiger partial charge in [-0.1, -0.05) is 31.2 Å². The predicted molar refractivity (Wildman–Crippen MR) is 149 cm³/mol. The Morgan fingerprint density at radius 3 is 2.92 bits per heavy atom. The highest BCUT2D eigenvalue weighted by Gasteiger charge is 2.14. The van der Waals surface area contributed by atoms with Crippen molar-refractivity contribution in [2.45, 2.75) is 32.9 Å². The molecule has 196 valence electrons. The maximum atomic E-state index is 12.9. The molecule has 0 saturated carbocycles. The zero-order valence-electron chi connectivity index (χ0n) is 21.4. The number of benzene rings is 1. The molecule has 0 saturated heterocycles. The summed E-state index contributed by atoms with van der Waals surface area (Å²) in [7, 11) is 0. The third-order valence-corrected chi connectivity index (χ3v) is 6.72. The molecule has 3 heterocycles. The second-order valence-electron chi connectivity index (χ2n) is 9.47. The molecule has 0 unspecified atom stereocenters. The average molecular weight is 513 g/mol. The van der Waals surface area contributed by atoms with E-state index >= 15 is 0 Å². The van der Waals surface area contributed by atoms with Crippen LogP contribution in [0.4, 0.5) is 5.69 Å². The lowest BCUT2D eigenvalue weighted by atomic mass is 10.1. The van der Waals surface area contributed by atoms with Gasteiger partial charge in [-0.3, -0.25) is 19.2 Å². The van der Waals surface area contributed by atoms with Gasteiger partial charge in [0.05, 0.1) is 41.9 Å². The van der Waals surface area contributed by atoms with Crippen LogP contribution in [0.3, 0.4) is 0 Å². The summed E-state index contributed by atoms with van der Waals surface area (Å²) in [5.41, 5.74) is 4.99. The van der Waals surface area contributed by atoms with Gasteiger partial charge >= 0.3 is 0 Å². The molecule has 3 aromatic heterocycles. The molecule has 4 aromatic rings. The number of aromatic nitrogens is 4. The lowest BCUT2D eigenvalue weighted by molar-refractivity contribution is 0.102. The third kappa shape index (κ3) is 5.85. The van der Waals surface area contributed by atoms with E-state index in [-0.39, 0.29) is 18.1 Å². The summed E-state index contributed by atoms with van der Waals surface area (Å²) >= 11 is 0. The Bertz CT molecular complexity index is 1560. The summed E-state index contributed by atoms with van der Waals surface area (Å²) in [4.78, 5) is 33.8. The number of nitrogens with zero attached hydrogens (tertiary/aromatic N) is 3. The number of aliphatic hydroxyl groups excluding tert-OH is 1. The van der Waals surface area contributed by atoms with Crippen LogP contribution in [0, 0.1) is 0 Å². The fourth-order valence-electron chi connectivity index (χ4n) is 4.67. The van der Waals surface area contributed by atoms with Crippen LogP contribution < -0.4 is 10.9 Å². The molecule has 0 aliphatic heterocycles. The van der Waals surface area contributed by atoms with Crippen molar-refractivity contribution < 1.29 is 9.90 Å². The first kappa shape index (κ1) is 25.4. The van der Waals surface area contributed by atoms with Crippen molar-refractivity contribution in [2.75, 3.05) is 25.0 Å². The van der Waals surface area contributed by atoms with Crippen LogP contribution in [-0.4, -0.2) is 55.4 Å². The fraction of sp³-hybridized carbons (Fsp3) is 0.276. The molecule has 0 radical (unpaired) electrons. The second kappa shape index (κ2) is 11.5. The highest BCUT2D eigenvalue weighted by Crippen LogP contribution is 2.25. The quantitative estimate of drug-likeness (QED) is 0.256. The van der Waals surface area contributed by atoms with Gasteiger partial charge < -0.3 is 20.4 Å². The SMILES string of the molecule is CCN(CCO)Cc1ccc2[nH]c(-c3cc(NC(=O)c4cnn(CC5=CCCC=C5)c4)c[nH]c3=O)cc2c1. The normalized spacial score (nSPS) is 13.3. The van der Waals surface area contributed by atoms with Crippen LogP contribution in [0.25, 0.3) is 22.2 Å². The molecular weight excluding hydrogens is 480 g/mol. The van der Waals surface area contributed by atoms with E-state index in [0.29, 0.717) is 35.6 Å². The van der Waals surface area contributed by atoms with Crippen molar-refractivity contribution >= 4 is 22.5 Å². The van der Waals surface area contributed by atoms with E-state index in [2.05, 4.69) is 56.5 Å². The number of aromatic amines is 2. The number of likely N-dealkylation sites (N-methyl/N-ethyl adjacent to an activating group) is 1. The van der Waals surface area contributed by atoms with Crippen molar-refractivity contribution in [3.05, 3.63) is 94.2 Å². The standard InChI is InChI=1S/C29H32N6O3/c1-2-34(10-11-36)17-21-8-9-26-22(12-21)13-27(33-26)25-14-24(16-30-29(25)38)32-28(37)23-15-31-35(19-23)18-20-6-4-3-5-7-20/h4,6-9,12-16,19,33,36H,2-3,5,10-11,17-18H2,1H3,(H,30,38)(H,32,37). The Morgan fingerprint density at radius 2 is 2.13 bits per heavy atom. The van der Waals surface area contributed by atoms with Crippen molar-refractivity contribution in [2.24, 2.45) is 0 Å². The number of aliphatic hydroxyl groups is 1. The van der Waals surface area contributed by atoms with Gasteiger partial charge in [0, 0.05) is 36.4 Å². The van der Waals surface area contributed by atoms with Crippen molar-refractivity contribution in [3.8, 4) is 11.3 Å². The molecule has 1 aromatic carbocycles. The number of H-pyrrole nitrogens is 2. The predicted octanol–water partition coefficient (Wildman–Crippen LogP) is 4.06. The number of amides is 1. The maximum absolute atomic E-state index is 12.9. The molecule has 1 aliphatic rings. The molecule has 38 heavy (non-hydrogen) atoms. The third-order valence-electron chi connectivity index (χ3n) is 6.72. The zero-order valence-corrected chi connectivity index (χ0v) is 21.4. The summed E-state index contributed by atoms with van der Waals surface area (Å²) in [6, 6.07) is 9.74. The lowest BCUT2D eigenvalue weighted by Crippen LogP contribution is -2.25. The molecule has 0 bridgehead atoms. The number of hydrogen-bond donors (Lipinski definition) is 4. The van der Waals surface area contributed by atoms with Gasteiger partial charge in [-0.2, -0.15) is 5.10 Å². The summed E-state index contributed by atoms with van der Waals surface area (Å²) in [5.74, 6) is -0.299. The van der Waals surface area contributed by atoms with Crippen LogP contribution in [0.15, 0.2) is 77.5 Å². The van der Waals surface area contributed by atoms with Gasteiger partial charge in [-0.05, 0) is 54.8 Å². The van der Waals surface area contributed by atoms with E-state index < -0.39 is 0 Å². The number of allylic oxidation sites excluding steroid dienone is 4. The van der Waals surface area contributed by atoms with E-state index in [1.54, 1.807) is 23.1 Å². The first-order chi connectivity index (χ1) is 18.5. The monoisotopic (exact) mass is 512 g/mol. The fourth-order valence-corrected chi connectivity index (χ4v) is 4.67. The van der Waals surface area contributed by atoms with Crippen LogP contribution in [-0.2, 0) is 13.1 Å². The molecule has 4 N–H and O–H groups in total. The van der Waals surface area contributed by atoms with Gasteiger partial charge in [0.15, 0.2) is 0 Å². The van der Waals surface area contributed by atoms with E-state index in [4.69, 9.17) is 0 Å². The smallest absolute Gasteiger partial charge is 0.258 e. The Kier molecular flexibility index (Phi) is 7.67. The number of anilines is 1. The summed E-state index contributed by atoms with van der Waals surface area (Å²) in [6.45, 7) is 5.02. The summed E-state index contributed by atoms with van der Waals surface area (Å²) in [6.07, 6.45) is 13.3. The van der Waals surface area contributed by atoms with Crippen LogP contribution in [0.5, 0.6) is 0 Å². The first-order valence-corrected chi connectivity index (χ1v) is 12.9. The average Bonchev–Trinajstić information content (AvgIpc) is 3.57. The van der Waals surface area contributed by atoms with Gasteiger partial charge in [-0.15, -0.1) is 0 Å². The van der Waals surface area contributed by atoms with Gasteiger partial charge in [-0.25, -0.2) is 0 Å². The number of nitrogens with one attached hydrogen (secondary N) is 3. The molecule has 1 amide bonds. The Hall–Kier alpha value is -4.21. The molecule has 9 nitrogen and oxygen atoms in total. The van der Waals surface area contributed by atoms with Crippen molar-refractivity contribution in [3.63, 3.8) is 0 Å². The largest absolute Gasteiger partial charge is 0.395 e. The Morgan fingerprint density at radius 1 is 1.24 bits per heavy atom. The molecular formula is C29H32N6O3. The minimum atomic E-state index is -0.299. The lowest BCUT2D eigenvalue weighted by Gasteiger charge is -2.19. The molecule has 9 heteroatoms.